The van der Waals surface area contributed by atoms with E-state index in [0.29, 0.717) is 16.8 Å². The van der Waals surface area contributed by atoms with Gasteiger partial charge >= 0.3 is 5.97 Å². The smallest absolute Gasteiger partial charge is 0.305 e. The van der Waals surface area contributed by atoms with Crippen LogP contribution in [0, 0.1) is 52.3 Å². The van der Waals surface area contributed by atoms with Gasteiger partial charge in [-0.05, 0) is 117 Å². The third-order valence-electron chi connectivity index (χ3n) is 10.7. The van der Waals surface area contributed by atoms with E-state index in [1.807, 2.05) is 84.9 Å². The Labute approximate surface area is 296 Å². The maximum Gasteiger partial charge on any atom is 0.305 e. The van der Waals surface area contributed by atoms with E-state index >= 15 is 0 Å². The van der Waals surface area contributed by atoms with Crippen molar-refractivity contribution in [2.24, 2.45) is 11.8 Å². The van der Waals surface area contributed by atoms with Crippen LogP contribution < -0.4 is 5.32 Å². The Hall–Kier alpha value is -4.27. The SMILES string of the molecule is Cc1ccc(NC(=O)c2c(-c3cccc(C)c3C)c(-c3ccc(F)cc3C)n(C(C)C(C)[C@@H](O)C[C@@H](O)CC(=O)O)c2C(C)C(C)C)cc1C. The van der Waals surface area contributed by atoms with Crippen LogP contribution >= 0.6 is 0 Å². The zero-order valence-corrected chi connectivity index (χ0v) is 31.1. The highest BCUT2D eigenvalue weighted by molar-refractivity contribution is 6.13. The van der Waals surface area contributed by atoms with Crippen LogP contribution in [0.25, 0.3) is 22.4 Å². The van der Waals surface area contributed by atoms with Crippen molar-refractivity contribution in [2.75, 3.05) is 5.32 Å². The highest BCUT2D eigenvalue weighted by Crippen LogP contribution is 2.48. The Morgan fingerprint density at radius 1 is 0.820 bits per heavy atom. The number of aliphatic hydroxyl groups excluding tert-OH is 2. The van der Waals surface area contributed by atoms with Gasteiger partial charge in [-0.25, -0.2) is 4.39 Å². The monoisotopic (exact) mass is 684 g/mol. The molecule has 8 heteroatoms. The summed E-state index contributed by atoms with van der Waals surface area (Å²) in [6.45, 7) is 20.1. The zero-order chi connectivity index (χ0) is 37.2. The number of carboxylic acid groups (broad SMARTS) is 1. The number of aryl methyl sites for hydroxylation is 4. The van der Waals surface area contributed by atoms with Gasteiger partial charge in [-0.1, -0.05) is 52.0 Å². The van der Waals surface area contributed by atoms with Gasteiger partial charge in [-0.3, -0.25) is 9.59 Å². The number of anilines is 1. The number of hydrogen-bond donors (Lipinski definition) is 4. The summed E-state index contributed by atoms with van der Waals surface area (Å²) in [5.41, 5.74) is 9.98. The number of nitrogens with one attached hydrogen (secondary N) is 1. The van der Waals surface area contributed by atoms with E-state index in [9.17, 15) is 29.3 Å². The molecule has 0 aliphatic rings. The summed E-state index contributed by atoms with van der Waals surface area (Å²) in [6, 6.07) is 16.1. The summed E-state index contributed by atoms with van der Waals surface area (Å²) in [4.78, 5) is 26.2. The molecular weight excluding hydrogens is 631 g/mol. The normalized spacial score (nSPS) is 14.7. The Morgan fingerprint density at radius 2 is 1.50 bits per heavy atom. The molecule has 50 heavy (non-hydrogen) atoms. The second kappa shape index (κ2) is 15.7. The summed E-state index contributed by atoms with van der Waals surface area (Å²) in [5, 5.41) is 34.4. The Morgan fingerprint density at radius 3 is 2.10 bits per heavy atom. The van der Waals surface area contributed by atoms with Crippen LogP contribution in [0.2, 0.25) is 0 Å². The van der Waals surface area contributed by atoms with Crippen LogP contribution in [0.4, 0.5) is 10.1 Å². The number of carbonyl (C=O) groups excluding carboxylic acids is 1. The molecule has 4 aromatic rings. The van der Waals surface area contributed by atoms with Crippen molar-refractivity contribution < 1.29 is 29.3 Å². The van der Waals surface area contributed by atoms with Gasteiger partial charge in [0.15, 0.2) is 0 Å². The molecular formula is C42H53FN2O5. The highest BCUT2D eigenvalue weighted by atomic mass is 19.1. The van der Waals surface area contributed by atoms with E-state index < -0.39 is 36.6 Å². The number of aliphatic carboxylic acids is 1. The maximum atomic E-state index is 14.9. The fraction of sp³-hybridized carbons (Fsp3) is 0.429. The van der Waals surface area contributed by atoms with Gasteiger partial charge in [-0.15, -0.1) is 0 Å². The van der Waals surface area contributed by atoms with Crippen molar-refractivity contribution in [3.8, 4) is 22.4 Å². The molecule has 268 valence electrons. The average Bonchev–Trinajstić information content (AvgIpc) is 3.38. The molecule has 3 aromatic carbocycles. The minimum absolute atomic E-state index is 0.107. The van der Waals surface area contributed by atoms with Crippen molar-refractivity contribution in [2.45, 2.75) is 106 Å². The van der Waals surface area contributed by atoms with Gasteiger partial charge in [-0.2, -0.15) is 0 Å². The van der Waals surface area contributed by atoms with E-state index in [4.69, 9.17) is 0 Å². The first-order chi connectivity index (χ1) is 23.4. The van der Waals surface area contributed by atoms with Crippen LogP contribution in [-0.2, 0) is 4.79 Å². The summed E-state index contributed by atoms with van der Waals surface area (Å²) in [7, 11) is 0. The van der Waals surface area contributed by atoms with Crippen LogP contribution in [0.1, 0.15) is 103 Å². The van der Waals surface area contributed by atoms with Crippen molar-refractivity contribution >= 4 is 17.6 Å². The molecule has 0 fully saturated rings. The fourth-order valence-electron chi connectivity index (χ4n) is 6.81. The number of aromatic nitrogens is 1. The third-order valence-corrected chi connectivity index (χ3v) is 10.7. The molecule has 0 aliphatic carbocycles. The van der Waals surface area contributed by atoms with Crippen LogP contribution in [0.5, 0.6) is 0 Å². The molecule has 0 bridgehead atoms. The Balaban J connectivity index is 2.15. The van der Waals surface area contributed by atoms with Gasteiger partial charge in [0.1, 0.15) is 5.82 Å². The minimum atomic E-state index is -1.22. The van der Waals surface area contributed by atoms with Crippen molar-refractivity contribution in [1.29, 1.82) is 0 Å². The Bertz CT molecular complexity index is 1880. The third kappa shape index (κ3) is 8.03. The van der Waals surface area contributed by atoms with Gasteiger partial charge in [0.05, 0.1) is 29.9 Å². The summed E-state index contributed by atoms with van der Waals surface area (Å²) >= 11 is 0. The quantitative estimate of drug-likeness (QED) is 0.112. The number of rotatable bonds is 13. The molecule has 0 saturated heterocycles. The lowest BCUT2D eigenvalue weighted by Crippen LogP contribution is -2.32. The molecule has 4 rings (SSSR count). The number of amides is 1. The number of nitrogens with zero attached hydrogens (tertiary/aromatic N) is 1. The Kier molecular flexibility index (Phi) is 12.1. The van der Waals surface area contributed by atoms with Crippen molar-refractivity contribution in [3.05, 3.63) is 99.5 Å². The number of aliphatic hydroxyl groups is 2. The fourth-order valence-corrected chi connectivity index (χ4v) is 6.81. The largest absolute Gasteiger partial charge is 0.481 e. The van der Waals surface area contributed by atoms with E-state index in [1.54, 1.807) is 6.07 Å². The van der Waals surface area contributed by atoms with Gasteiger partial charge in [0.25, 0.3) is 5.91 Å². The zero-order valence-electron chi connectivity index (χ0n) is 31.1. The van der Waals surface area contributed by atoms with E-state index in [0.717, 1.165) is 50.3 Å². The van der Waals surface area contributed by atoms with Crippen LogP contribution in [0.3, 0.4) is 0 Å². The molecule has 7 nitrogen and oxygen atoms in total. The maximum absolute atomic E-state index is 14.9. The predicted molar refractivity (Wildman–Crippen MR) is 199 cm³/mol. The second-order valence-corrected chi connectivity index (χ2v) is 14.5. The van der Waals surface area contributed by atoms with Crippen molar-refractivity contribution in [3.63, 3.8) is 0 Å². The molecule has 3 unspecified atom stereocenters. The first-order valence-electron chi connectivity index (χ1n) is 17.5. The number of benzene rings is 3. The summed E-state index contributed by atoms with van der Waals surface area (Å²) in [6.07, 6.45) is -2.87. The van der Waals surface area contributed by atoms with Gasteiger partial charge in [0, 0.05) is 40.9 Å². The first kappa shape index (κ1) is 38.5. The average molecular weight is 685 g/mol. The minimum Gasteiger partial charge on any atom is -0.481 e. The predicted octanol–water partition coefficient (Wildman–Crippen LogP) is 9.30. The molecule has 0 spiro atoms. The molecule has 0 aliphatic heterocycles. The topological polar surface area (TPSA) is 112 Å². The number of carboxylic acids is 1. The standard InChI is InChI=1S/C42H53FN2O5/c1-22(2)27(7)40-39(42(50)44-32-16-14-23(3)25(5)19-32)38(35-13-11-12-24(4)28(35)8)41(34-17-15-31(43)18-26(34)6)45(40)30(10)29(9)36(47)20-33(46)21-37(48)49/h11-19,22,27,29-30,33,36,46-47H,20-21H2,1-10H3,(H,44,50)(H,48,49)/t27?,29?,30?,33-,36+/m1/s1. The molecule has 5 atom stereocenters. The number of hydrogen-bond acceptors (Lipinski definition) is 4. The molecule has 0 saturated carbocycles. The van der Waals surface area contributed by atoms with Crippen LogP contribution in [0.15, 0.2) is 54.6 Å². The van der Waals surface area contributed by atoms with E-state index in [1.165, 1.54) is 12.1 Å². The first-order valence-corrected chi connectivity index (χ1v) is 17.5. The molecule has 4 N–H and O–H groups in total. The van der Waals surface area contributed by atoms with E-state index in [-0.39, 0.29) is 30.0 Å². The summed E-state index contributed by atoms with van der Waals surface area (Å²) < 4.78 is 16.8. The highest BCUT2D eigenvalue weighted by Gasteiger charge is 2.37. The van der Waals surface area contributed by atoms with Crippen molar-refractivity contribution in [1.82, 2.24) is 4.57 Å². The van der Waals surface area contributed by atoms with Gasteiger partial charge < -0.3 is 25.2 Å². The second-order valence-electron chi connectivity index (χ2n) is 14.5. The molecule has 1 aromatic heterocycles. The number of carbonyl (C=O) groups is 2. The molecule has 1 amide bonds. The van der Waals surface area contributed by atoms with Gasteiger partial charge in [0.2, 0.25) is 0 Å². The number of halogens is 1. The summed E-state index contributed by atoms with van der Waals surface area (Å²) in [5.74, 6) is -2.30. The van der Waals surface area contributed by atoms with Crippen LogP contribution in [-0.4, -0.2) is 44.0 Å². The molecule has 0 radical (unpaired) electrons. The molecule has 1 heterocycles. The lowest BCUT2D eigenvalue weighted by atomic mass is 9.87. The lowest BCUT2D eigenvalue weighted by Gasteiger charge is -2.33. The lowest BCUT2D eigenvalue weighted by molar-refractivity contribution is -0.139. The van der Waals surface area contributed by atoms with E-state index in [2.05, 4.69) is 30.7 Å².